The van der Waals surface area contributed by atoms with E-state index < -0.39 is 0 Å². The van der Waals surface area contributed by atoms with Crippen LogP contribution in [0.5, 0.6) is 0 Å². The zero-order valence-electron chi connectivity index (χ0n) is 17.0. The number of rotatable bonds is 2. The molecule has 152 valence electrons. The lowest BCUT2D eigenvalue weighted by atomic mass is 10.0. The number of hydrogen-bond acceptors (Lipinski definition) is 7. The number of anilines is 2. The van der Waals surface area contributed by atoms with Crippen molar-refractivity contribution < 1.29 is 4.74 Å². The second-order valence-electron chi connectivity index (χ2n) is 8.54. The molecule has 1 aliphatic carbocycles. The number of hydrogen-bond donors (Lipinski definition) is 0. The van der Waals surface area contributed by atoms with Crippen molar-refractivity contribution in [2.75, 3.05) is 42.6 Å². The van der Waals surface area contributed by atoms with Gasteiger partial charge in [-0.3, -0.25) is 0 Å². The number of nitrogens with zero attached hydrogens (tertiary/aromatic N) is 5. The van der Waals surface area contributed by atoms with Gasteiger partial charge in [-0.25, -0.2) is 15.0 Å². The lowest BCUT2D eigenvalue weighted by Crippen LogP contribution is -2.38. The van der Waals surface area contributed by atoms with Crippen LogP contribution in [0.2, 0.25) is 0 Å². The van der Waals surface area contributed by atoms with E-state index in [1.807, 2.05) is 0 Å². The summed E-state index contributed by atoms with van der Waals surface area (Å²) in [6.45, 7) is 6.88. The summed E-state index contributed by atoms with van der Waals surface area (Å²) >= 11 is 1.79. The molecule has 3 aromatic rings. The molecule has 2 saturated heterocycles. The van der Waals surface area contributed by atoms with Crippen LogP contribution in [0.4, 0.5) is 11.6 Å². The summed E-state index contributed by atoms with van der Waals surface area (Å²) in [5, 5.41) is 1.29. The van der Waals surface area contributed by atoms with Crippen molar-refractivity contribution in [1.29, 1.82) is 0 Å². The third-order valence-electron chi connectivity index (χ3n) is 6.82. The Morgan fingerprint density at radius 1 is 1.00 bits per heavy atom. The van der Waals surface area contributed by atoms with Crippen LogP contribution in [0.15, 0.2) is 6.33 Å². The maximum Gasteiger partial charge on any atom is 0.150 e. The van der Waals surface area contributed by atoms with E-state index in [-0.39, 0.29) is 0 Å². The summed E-state index contributed by atoms with van der Waals surface area (Å²) in [5.74, 6) is 2.31. The summed E-state index contributed by atoms with van der Waals surface area (Å²) in [4.78, 5) is 20.8. The molecule has 0 radical (unpaired) electrons. The first-order valence-electron chi connectivity index (χ1n) is 11.0. The largest absolute Gasteiger partial charge is 0.378 e. The number of fused-ring (bicyclic) bond motifs is 5. The van der Waals surface area contributed by atoms with E-state index >= 15 is 0 Å². The van der Waals surface area contributed by atoms with E-state index in [1.165, 1.54) is 52.7 Å². The molecule has 0 bridgehead atoms. The van der Waals surface area contributed by atoms with Crippen molar-refractivity contribution in [1.82, 2.24) is 15.0 Å². The van der Waals surface area contributed by atoms with E-state index in [1.54, 1.807) is 17.7 Å². The Kier molecular flexibility index (Phi) is 4.34. The van der Waals surface area contributed by atoms with Gasteiger partial charge >= 0.3 is 0 Å². The summed E-state index contributed by atoms with van der Waals surface area (Å²) in [6, 6.07) is 0.537. The quantitative estimate of drug-likeness (QED) is 0.639. The van der Waals surface area contributed by atoms with Gasteiger partial charge < -0.3 is 14.5 Å². The van der Waals surface area contributed by atoms with Gasteiger partial charge in [-0.2, -0.15) is 0 Å². The Balaban J connectivity index is 1.56. The summed E-state index contributed by atoms with van der Waals surface area (Å²) in [7, 11) is 0. The molecule has 6 rings (SSSR count). The number of morpholine rings is 1. The second kappa shape index (κ2) is 7.06. The average molecular weight is 410 g/mol. The van der Waals surface area contributed by atoms with Gasteiger partial charge in [-0.05, 0) is 56.6 Å². The monoisotopic (exact) mass is 409 g/mol. The molecular formula is C22H27N5OS. The van der Waals surface area contributed by atoms with Gasteiger partial charge in [0.25, 0.3) is 0 Å². The maximum atomic E-state index is 5.58. The molecule has 3 aliphatic rings. The Bertz CT molecular complexity index is 1070. The van der Waals surface area contributed by atoms with Crippen LogP contribution in [0.1, 0.15) is 43.7 Å². The molecule has 1 atom stereocenters. The summed E-state index contributed by atoms with van der Waals surface area (Å²) < 4.78 is 6.80. The number of piperidine rings is 1. The second-order valence-corrected chi connectivity index (χ2v) is 9.54. The van der Waals surface area contributed by atoms with E-state index in [0.29, 0.717) is 6.04 Å². The Morgan fingerprint density at radius 2 is 1.86 bits per heavy atom. The lowest BCUT2D eigenvalue weighted by Gasteiger charge is -2.34. The minimum Gasteiger partial charge on any atom is -0.378 e. The highest BCUT2D eigenvalue weighted by Crippen LogP contribution is 2.44. The Labute approximate surface area is 174 Å². The van der Waals surface area contributed by atoms with E-state index in [2.05, 4.69) is 16.7 Å². The minimum absolute atomic E-state index is 0.537. The van der Waals surface area contributed by atoms with Crippen LogP contribution < -0.4 is 9.80 Å². The summed E-state index contributed by atoms with van der Waals surface area (Å²) in [5.41, 5.74) is 4.05. The molecule has 7 heteroatoms. The number of ether oxygens (including phenoxy) is 1. The van der Waals surface area contributed by atoms with Crippen molar-refractivity contribution in [3.63, 3.8) is 0 Å². The van der Waals surface area contributed by atoms with Crippen molar-refractivity contribution in [3.05, 3.63) is 17.5 Å². The van der Waals surface area contributed by atoms with Crippen molar-refractivity contribution in [3.8, 4) is 0 Å². The SMILES string of the molecule is CC1CCCCN1c1ncnc2c1sc1nc(N3CCOCC3)c3c(c12)CCC3. The first-order chi connectivity index (χ1) is 14.3. The smallest absolute Gasteiger partial charge is 0.150 e. The molecule has 0 N–H and O–H groups in total. The minimum atomic E-state index is 0.537. The van der Waals surface area contributed by atoms with Gasteiger partial charge in [0.15, 0.2) is 0 Å². The standard InChI is InChI=1S/C22H27N5OS/c1-14-5-2-3-8-27(14)21-19-18(23-13-24-21)17-15-6-4-7-16(15)20(25-22(17)29-19)26-9-11-28-12-10-26/h13-14H,2-12H2,1H3. The van der Waals surface area contributed by atoms with Gasteiger partial charge in [0.1, 0.15) is 22.8 Å². The zero-order valence-corrected chi connectivity index (χ0v) is 17.8. The number of thiophene rings is 1. The number of aryl methyl sites for hydroxylation is 1. The average Bonchev–Trinajstić information content (AvgIpc) is 3.38. The van der Waals surface area contributed by atoms with Gasteiger partial charge in [-0.15, -0.1) is 11.3 Å². The third kappa shape index (κ3) is 2.81. The van der Waals surface area contributed by atoms with Crippen LogP contribution in [0.25, 0.3) is 20.4 Å². The molecule has 3 aromatic heterocycles. The fourth-order valence-electron chi connectivity index (χ4n) is 5.32. The molecule has 2 aliphatic heterocycles. The number of pyridine rings is 1. The van der Waals surface area contributed by atoms with Crippen molar-refractivity contribution >= 4 is 43.4 Å². The zero-order chi connectivity index (χ0) is 19.4. The Hall–Kier alpha value is -1.99. The van der Waals surface area contributed by atoms with Crippen LogP contribution in [-0.2, 0) is 17.6 Å². The van der Waals surface area contributed by atoms with E-state index in [9.17, 15) is 0 Å². The lowest BCUT2D eigenvalue weighted by molar-refractivity contribution is 0.122. The van der Waals surface area contributed by atoms with Gasteiger partial charge in [-0.1, -0.05) is 0 Å². The third-order valence-corrected chi connectivity index (χ3v) is 7.89. The van der Waals surface area contributed by atoms with Crippen LogP contribution in [-0.4, -0.2) is 53.8 Å². The number of aromatic nitrogens is 3. The predicted octanol–water partition coefficient (Wildman–Crippen LogP) is 3.94. The van der Waals surface area contributed by atoms with Gasteiger partial charge in [0.2, 0.25) is 0 Å². The van der Waals surface area contributed by atoms with E-state index in [4.69, 9.17) is 19.7 Å². The van der Waals surface area contributed by atoms with Crippen LogP contribution in [0, 0.1) is 0 Å². The highest BCUT2D eigenvalue weighted by Gasteiger charge is 2.29. The fourth-order valence-corrected chi connectivity index (χ4v) is 6.48. The first-order valence-corrected chi connectivity index (χ1v) is 11.8. The molecule has 0 amide bonds. The van der Waals surface area contributed by atoms with Crippen molar-refractivity contribution in [2.45, 2.75) is 51.5 Å². The Morgan fingerprint density at radius 3 is 2.72 bits per heavy atom. The molecule has 1 unspecified atom stereocenters. The molecule has 0 saturated carbocycles. The molecule has 0 aromatic carbocycles. The molecule has 6 nitrogen and oxygen atoms in total. The highest BCUT2D eigenvalue weighted by molar-refractivity contribution is 7.26. The predicted molar refractivity (Wildman–Crippen MR) is 118 cm³/mol. The topological polar surface area (TPSA) is 54.4 Å². The van der Waals surface area contributed by atoms with E-state index in [0.717, 1.165) is 61.9 Å². The van der Waals surface area contributed by atoms with Crippen LogP contribution in [0.3, 0.4) is 0 Å². The normalized spacial score (nSPS) is 22.6. The van der Waals surface area contributed by atoms with Crippen LogP contribution >= 0.6 is 11.3 Å². The first kappa shape index (κ1) is 17.8. The summed E-state index contributed by atoms with van der Waals surface area (Å²) in [6.07, 6.45) is 9.05. The fraction of sp³-hybridized carbons (Fsp3) is 0.591. The molecule has 29 heavy (non-hydrogen) atoms. The molecule has 2 fully saturated rings. The highest BCUT2D eigenvalue weighted by atomic mass is 32.1. The van der Waals surface area contributed by atoms with Crippen molar-refractivity contribution in [2.24, 2.45) is 0 Å². The van der Waals surface area contributed by atoms with Gasteiger partial charge in [0, 0.05) is 31.1 Å². The molecule has 0 spiro atoms. The maximum absolute atomic E-state index is 5.58. The molecular weight excluding hydrogens is 382 g/mol. The molecule has 5 heterocycles. The van der Waals surface area contributed by atoms with Gasteiger partial charge in [0.05, 0.1) is 23.4 Å².